The van der Waals surface area contributed by atoms with Crippen molar-refractivity contribution in [1.29, 1.82) is 0 Å². The van der Waals surface area contributed by atoms with Crippen LogP contribution in [0, 0.1) is 0 Å². The lowest BCUT2D eigenvalue weighted by Crippen LogP contribution is -2.43. The van der Waals surface area contributed by atoms with Crippen LogP contribution >= 0.6 is 0 Å². The van der Waals surface area contributed by atoms with Crippen LogP contribution in [-0.4, -0.2) is 19.3 Å². The molecule has 2 aliphatic rings. The van der Waals surface area contributed by atoms with Crippen molar-refractivity contribution in [3.05, 3.63) is 65.2 Å². The maximum absolute atomic E-state index is 6.16. The smallest absolute Gasteiger partial charge is 0.113 e. The van der Waals surface area contributed by atoms with E-state index >= 15 is 0 Å². The number of rotatable bonds is 1. The van der Waals surface area contributed by atoms with Crippen molar-refractivity contribution < 1.29 is 9.47 Å². The van der Waals surface area contributed by atoms with Gasteiger partial charge in [0.2, 0.25) is 0 Å². The number of fused-ring (bicyclic) bond motifs is 3. The van der Waals surface area contributed by atoms with E-state index in [1.165, 1.54) is 16.7 Å². The quantitative estimate of drug-likeness (QED) is 0.831. The molecular formula is C21H25NO2. The average molecular weight is 323 g/mol. The van der Waals surface area contributed by atoms with Crippen LogP contribution in [0.4, 0.5) is 5.69 Å². The van der Waals surface area contributed by atoms with Crippen molar-refractivity contribution in [3.63, 3.8) is 0 Å². The highest BCUT2D eigenvalue weighted by atomic mass is 16.6. The van der Waals surface area contributed by atoms with E-state index in [1.54, 1.807) is 0 Å². The zero-order valence-corrected chi connectivity index (χ0v) is 14.6. The van der Waals surface area contributed by atoms with Gasteiger partial charge in [0.15, 0.2) is 0 Å². The van der Waals surface area contributed by atoms with Crippen LogP contribution in [0.15, 0.2) is 48.5 Å². The second kappa shape index (κ2) is 5.91. The van der Waals surface area contributed by atoms with Gasteiger partial charge in [-0.1, -0.05) is 63.2 Å². The normalized spacial score (nSPS) is 26.2. The first-order chi connectivity index (χ1) is 11.5. The minimum Gasteiger partial charge on any atom is -0.375 e. The molecule has 2 aromatic rings. The Balaban J connectivity index is 1.77. The van der Waals surface area contributed by atoms with Crippen molar-refractivity contribution in [2.75, 3.05) is 18.5 Å². The molecule has 0 saturated carbocycles. The molecule has 0 radical (unpaired) electrons. The molecule has 0 spiro atoms. The summed E-state index contributed by atoms with van der Waals surface area (Å²) in [6.45, 7) is 8.04. The number of benzene rings is 2. The molecule has 0 aromatic heterocycles. The number of nitrogens with one attached hydrogen (secondary N) is 1. The fraction of sp³-hybridized carbons (Fsp3) is 0.429. The molecule has 0 bridgehead atoms. The van der Waals surface area contributed by atoms with Crippen LogP contribution in [0.2, 0.25) is 0 Å². The first-order valence-electron chi connectivity index (χ1n) is 8.73. The summed E-state index contributed by atoms with van der Waals surface area (Å²) in [5.74, 6) is 0. The molecule has 1 fully saturated rings. The minimum atomic E-state index is -0.0116. The largest absolute Gasteiger partial charge is 0.375 e. The highest BCUT2D eigenvalue weighted by Crippen LogP contribution is 2.45. The second-order valence-corrected chi connectivity index (χ2v) is 7.71. The maximum atomic E-state index is 6.16. The Hall–Kier alpha value is -1.84. The van der Waals surface area contributed by atoms with E-state index in [0.29, 0.717) is 13.2 Å². The van der Waals surface area contributed by atoms with Gasteiger partial charge in [0.1, 0.15) is 12.2 Å². The van der Waals surface area contributed by atoms with Crippen LogP contribution in [-0.2, 0) is 14.9 Å². The predicted molar refractivity (Wildman–Crippen MR) is 96.4 cm³/mol. The summed E-state index contributed by atoms with van der Waals surface area (Å²) in [6, 6.07) is 17.3. The summed E-state index contributed by atoms with van der Waals surface area (Å²) in [5, 5.41) is 3.69. The van der Waals surface area contributed by atoms with Gasteiger partial charge in [-0.3, -0.25) is 0 Å². The van der Waals surface area contributed by atoms with E-state index < -0.39 is 0 Å². The zero-order chi connectivity index (χ0) is 16.7. The lowest BCUT2D eigenvalue weighted by Gasteiger charge is -2.43. The highest BCUT2D eigenvalue weighted by molar-refractivity contribution is 5.59. The third-order valence-electron chi connectivity index (χ3n) is 5.01. The molecule has 126 valence electrons. The van der Waals surface area contributed by atoms with Crippen molar-refractivity contribution in [2.24, 2.45) is 0 Å². The molecule has 0 amide bonds. The van der Waals surface area contributed by atoms with E-state index in [0.717, 1.165) is 5.69 Å². The van der Waals surface area contributed by atoms with Crippen LogP contribution in [0.3, 0.4) is 0 Å². The van der Waals surface area contributed by atoms with Gasteiger partial charge in [-0.05, 0) is 22.6 Å². The minimum absolute atomic E-state index is 0.00358. The molecule has 1 saturated heterocycles. The third-order valence-corrected chi connectivity index (χ3v) is 5.01. The fourth-order valence-electron chi connectivity index (χ4n) is 3.66. The van der Waals surface area contributed by atoms with Crippen molar-refractivity contribution in [2.45, 2.75) is 44.4 Å². The first-order valence-corrected chi connectivity index (χ1v) is 8.73. The highest BCUT2D eigenvalue weighted by Gasteiger charge is 2.41. The molecular weight excluding hydrogens is 298 g/mol. The molecule has 3 heteroatoms. The average Bonchev–Trinajstić information content (AvgIpc) is 2.60. The summed E-state index contributed by atoms with van der Waals surface area (Å²) in [6.07, 6.45) is -0.00799. The molecule has 0 aliphatic carbocycles. The Kier molecular flexibility index (Phi) is 3.86. The lowest BCUT2D eigenvalue weighted by atomic mass is 9.82. The summed E-state index contributed by atoms with van der Waals surface area (Å²) in [7, 11) is 0. The molecule has 1 N–H and O–H groups in total. The Morgan fingerprint density at radius 2 is 1.71 bits per heavy atom. The summed E-state index contributed by atoms with van der Waals surface area (Å²) >= 11 is 0. The standard InChI is InChI=1S/C21H25NO2/c1-21(2,3)15-9-10-17-16(13-15)19-20(24-12-11-23-19)18(22-17)14-7-5-4-6-8-14/h4-10,13,18-20,22H,11-12H2,1-3H3/t18-,19+,20-/m0/s1. The summed E-state index contributed by atoms with van der Waals surface area (Å²) in [4.78, 5) is 0. The van der Waals surface area contributed by atoms with Gasteiger partial charge in [0.05, 0.1) is 19.3 Å². The first kappa shape index (κ1) is 15.7. The van der Waals surface area contributed by atoms with Crippen LogP contribution in [0.1, 0.15) is 49.6 Å². The molecule has 2 heterocycles. The SMILES string of the molecule is CC(C)(C)c1ccc2c(c1)[C@H]1OCCO[C@H]1[C@H](c1ccccc1)N2. The molecule has 0 unspecified atom stereocenters. The molecule has 3 nitrogen and oxygen atoms in total. The van der Waals surface area contributed by atoms with Gasteiger partial charge in [-0.15, -0.1) is 0 Å². The lowest BCUT2D eigenvalue weighted by molar-refractivity contribution is -0.151. The number of hydrogen-bond donors (Lipinski definition) is 1. The van der Waals surface area contributed by atoms with Gasteiger partial charge in [-0.2, -0.15) is 0 Å². The number of hydrogen-bond acceptors (Lipinski definition) is 3. The Labute approximate surface area is 144 Å². The van der Waals surface area contributed by atoms with E-state index in [9.17, 15) is 0 Å². The Morgan fingerprint density at radius 3 is 2.46 bits per heavy atom. The van der Waals surface area contributed by atoms with Gasteiger partial charge < -0.3 is 14.8 Å². The van der Waals surface area contributed by atoms with Crippen molar-refractivity contribution in [3.8, 4) is 0 Å². The van der Waals surface area contributed by atoms with Crippen LogP contribution in [0.5, 0.6) is 0 Å². The molecule has 2 aliphatic heterocycles. The maximum Gasteiger partial charge on any atom is 0.113 e. The number of ether oxygens (including phenoxy) is 2. The summed E-state index contributed by atoms with van der Waals surface area (Å²) < 4.78 is 12.3. The van der Waals surface area contributed by atoms with Gasteiger partial charge in [0.25, 0.3) is 0 Å². The van der Waals surface area contributed by atoms with E-state index in [-0.39, 0.29) is 23.7 Å². The van der Waals surface area contributed by atoms with E-state index in [1.807, 2.05) is 6.07 Å². The van der Waals surface area contributed by atoms with Crippen molar-refractivity contribution in [1.82, 2.24) is 0 Å². The fourth-order valence-corrected chi connectivity index (χ4v) is 3.66. The number of anilines is 1. The van der Waals surface area contributed by atoms with E-state index in [2.05, 4.69) is 68.6 Å². The monoisotopic (exact) mass is 323 g/mol. The van der Waals surface area contributed by atoms with Gasteiger partial charge in [0, 0.05) is 11.3 Å². The third kappa shape index (κ3) is 2.72. The topological polar surface area (TPSA) is 30.5 Å². The van der Waals surface area contributed by atoms with Crippen LogP contribution in [0.25, 0.3) is 0 Å². The van der Waals surface area contributed by atoms with Crippen molar-refractivity contribution >= 4 is 5.69 Å². The Morgan fingerprint density at radius 1 is 0.958 bits per heavy atom. The Bertz CT molecular complexity index is 720. The molecule has 4 rings (SSSR count). The molecule has 24 heavy (non-hydrogen) atoms. The molecule has 2 aromatic carbocycles. The van der Waals surface area contributed by atoms with E-state index in [4.69, 9.17) is 9.47 Å². The van der Waals surface area contributed by atoms with Gasteiger partial charge >= 0.3 is 0 Å². The van der Waals surface area contributed by atoms with Gasteiger partial charge in [-0.25, -0.2) is 0 Å². The second-order valence-electron chi connectivity index (χ2n) is 7.71. The zero-order valence-electron chi connectivity index (χ0n) is 14.6. The summed E-state index contributed by atoms with van der Waals surface area (Å²) in [5.41, 5.74) is 5.07. The molecule has 3 atom stereocenters. The predicted octanol–water partition coefficient (Wildman–Crippen LogP) is 4.61. The van der Waals surface area contributed by atoms with Crippen LogP contribution < -0.4 is 5.32 Å².